The second-order valence-corrected chi connectivity index (χ2v) is 10.5. The maximum absolute atomic E-state index is 10.8. The minimum atomic E-state index is -0.550. The molecule has 0 spiro atoms. The van der Waals surface area contributed by atoms with E-state index in [2.05, 4.69) is 73.7 Å². The Morgan fingerprint density at radius 2 is 1.21 bits per heavy atom. The van der Waals surface area contributed by atoms with Gasteiger partial charge in [0.1, 0.15) is 5.41 Å². The molecular formula is C30H41BrN2. The lowest BCUT2D eigenvalue weighted by atomic mass is 9.50. The van der Waals surface area contributed by atoms with Crippen molar-refractivity contribution in [2.45, 2.75) is 76.5 Å². The highest BCUT2D eigenvalue weighted by Crippen LogP contribution is 2.58. The Labute approximate surface area is 212 Å². The molecule has 0 aliphatic carbocycles. The molecule has 3 heterocycles. The van der Waals surface area contributed by atoms with Crippen molar-refractivity contribution in [3.8, 4) is 6.07 Å². The number of nitriles is 1. The summed E-state index contributed by atoms with van der Waals surface area (Å²) < 4.78 is 1.31. The number of benzene rings is 2. The van der Waals surface area contributed by atoms with Crippen LogP contribution in [0.5, 0.6) is 0 Å². The van der Waals surface area contributed by atoms with E-state index in [1.165, 1.54) is 106 Å². The Hall–Kier alpha value is -1.63. The summed E-state index contributed by atoms with van der Waals surface area (Å²) in [5, 5.41) is 10.8. The normalized spacial score (nSPS) is 24.1. The lowest BCUT2D eigenvalue weighted by Crippen LogP contribution is -3.00. The first-order valence-corrected chi connectivity index (χ1v) is 13.1. The Morgan fingerprint density at radius 3 is 1.67 bits per heavy atom. The van der Waals surface area contributed by atoms with Gasteiger partial charge in [0.2, 0.25) is 0 Å². The number of piperidine rings is 3. The molecule has 3 fully saturated rings. The molecule has 33 heavy (non-hydrogen) atoms. The second-order valence-electron chi connectivity index (χ2n) is 10.5. The molecule has 2 nitrogen and oxygen atoms in total. The van der Waals surface area contributed by atoms with Crippen LogP contribution >= 0.6 is 0 Å². The maximum atomic E-state index is 10.8. The fourth-order valence-electron chi connectivity index (χ4n) is 6.77. The highest BCUT2D eigenvalue weighted by atomic mass is 79.9. The third-order valence-electron chi connectivity index (χ3n) is 8.81. The number of hydrogen-bond acceptors (Lipinski definition) is 1. The fourth-order valence-corrected chi connectivity index (χ4v) is 6.77. The van der Waals surface area contributed by atoms with Crippen molar-refractivity contribution >= 4 is 0 Å². The van der Waals surface area contributed by atoms with Crippen LogP contribution in [-0.4, -0.2) is 30.7 Å². The van der Waals surface area contributed by atoms with Gasteiger partial charge in [0.15, 0.2) is 0 Å². The van der Waals surface area contributed by atoms with Crippen LogP contribution in [0.3, 0.4) is 0 Å². The average Bonchev–Trinajstić information content (AvgIpc) is 2.87. The molecular weight excluding hydrogens is 468 g/mol. The minimum Gasteiger partial charge on any atom is -1.00 e. The van der Waals surface area contributed by atoms with Gasteiger partial charge < -0.3 is 21.5 Å². The summed E-state index contributed by atoms with van der Waals surface area (Å²) in [4.78, 5) is 0. The van der Waals surface area contributed by atoms with E-state index in [1.54, 1.807) is 0 Å². The summed E-state index contributed by atoms with van der Waals surface area (Å²) in [6.07, 6.45) is 13.2. The number of halogens is 1. The summed E-state index contributed by atoms with van der Waals surface area (Å²) in [6, 6.07) is 24.2. The number of rotatable bonds is 11. The predicted octanol–water partition coefficient (Wildman–Crippen LogP) is 4.25. The zero-order chi connectivity index (χ0) is 22.3. The molecule has 2 bridgehead atoms. The molecule has 178 valence electrons. The van der Waals surface area contributed by atoms with E-state index < -0.39 is 5.41 Å². The van der Waals surface area contributed by atoms with Crippen LogP contribution in [0.2, 0.25) is 0 Å². The summed E-state index contributed by atoms with van der Waals surface area (Å²) in [7, 11) is 0. The van der Waals surface area contributed by atoms with Crippen molar-refractivity contribution < 1.29 is 21.5 Å². The molecule has 3 saturated heterocycles. The van der Waals surface area contributed by atoms with E-state index in [4.69, 9.17) is 0 Å². The average molecular weight is 510 g/mol. The minimum absolute atomic E-state index is 0. The van der Waals surface area contributed by atoms with Crippen molar-refractivity contribution in [1.29, 1.82) is 5.26 Å². The van der Waals surface area contributed by atoms with E-state index in [0.717, 1.165) is 0 Å². The number of fused-ring (bicyclic) bond motifs is 3. The second kappa shape index (κ2) is 11.7. The fraction of sp³-hybridized carbons (Fsp3) is 0.567. The van der Waals surface area contributed by atoms with Gasteiger partial charge in [0.25, 0.3) is 0 Å². The number of nitrogens with zero attached hydrogens (tertiary/aromatic N) is 2. The van der Waals surface area contributed by atoms with Crippen molar-refractivity contribution in [3.63, 3.8) is 0 Å². The lowest BCUT2D eigenvalue weighted by molar-refractivity contribution is -0.946. The quantitative estimate of drug-likeness (QED) is 0.328. The molecule has 0 aromatic heterocycles. The van der Waals surface area contributed by atoms with Crippen molar-refractivity contribution in [2.75, 3.05) is 26.2 Å². The van der Waals surface area contributed by atoms with Crippen LogP contribution < -0.4 is 17.0 Å². The Kier molecular flexibility index (Phi) is 9.19. The summed E-state index contributed by atoms with van der Waals surface area (Å²) in [5.41, 5.74) is 1.86. The van der Waals surface area contributed by atoms with E-state index in [1.807, 2.05) is 0 Å². The standard InChI is InChI=1S/C30H41N2.BrH/c1-2-3-4-5-6-7-14-22-32-23-19-29(20-24-32,21-25-32)30(26-31,27-15-10-8-11-16-27)28-17-12-9-13-18-28;/h8-13,15-18H,2-7,14,19-25H2,1H3;1H/q+1;/p-1. The topological polar surface area (TPSA) is 23.8 Å². The summed E-state index contributed by atoms with van der Waals surface area (Å²) >= 11 is 0. The number of quaternary nitrogens is 1. The Balaban J connectivity index is 0.00000306. The van der Waals surface area contributed by atoms with Gasteiger partial charge in [0.05, 0.1) is 32.2 Å². The largest absolute Gasteiger partial charge is 1.00 e. The van der Waals surface area contributed by atoms with Crippen LogP contribution in [0.25, 0.3) is 0 Å². The van der Waals surface area contributed by atoms with Gasteiger partial charge >= 0.3 is 0 Å². The monoisotopic (exact) mass is 508 g/mol. The predicted molar refractivity (Wildman–Crippen MR) is 133 cm³/mol. The van der Waals surface area contributed by atoms with Crippen molar-refractivity contribution in [1.82, 2.24) is 0 Å². The van der Waals surface area contributed by atoms with E-state index >= 15 is 0 Å². The molecule has 2 aromatic rings. The van der Waals surface area contributed by atoms with E-state index in [0.29, 0.717) is 0 Å². The molecule has 2 aromatic carbocycles. The highest BCUT2D eigenvalue weighted by molar-refractivity contribution is 5.49. The van der Waals surface area contributed by atoms with Crippen molar-refractivity contribution in [3.05, 3.63) is 71.8 Å². The first kappa shape index (κ1) is 26.0. The smallest absolute Gasteiger partial charge is 0.113 e. The Bertz CT molecular complexity index is 822. The molecule has 0 unspecified atom stereocenters. The zero-order valence-corrected chi connectivity index (χ0v) is 22.0. The first-order valence-electron chi connectivity index (χ1n) is 13.1. The van der Waals surface area contributed by atoms with E-state index in [9.17, 15) is 5.26 Å². The highest BCUT2D eigenvalue weighted by Gasteiger charge is 2.61. The van der Waals surface area contributed by atoms with Crippen LogP contribution in [0, 0.1) is 16.7 Å². The van der Waals surface area contributed by atoms with Crippen LogP contribution in [-0.2, 0) is 5.41 Å². The Morgan fingerprint density at radius 1 is 0.758 bits per heavy atom. The zero-order valence-electron chi connectivity index (χ0n) is 20.4. The van der Waals surface area contributed by atoms with Crippen LogP contribution in [0.1, 0.15) is 82.3 Å². The van der Waals surface area contributed by atoms with Crippen molar-refractivity contribution in [2.24, 2.45) is 5.41 Å². The SMILES string of the molecule is CCCCCCCCC[N+]12CCC(C(C#N)(c3ccccc3)c3ccccc3)(CC1)CC2.[Br-]. The number of unbranched alkanes of at least 4 members (excludes halogenated alkanes) is 6. The molecule has 0 saturated carbocycles. The molecule has 5 rings (SSSR count). The van der Waals surface area contributed by atoms with Gasteiger partial charge in [-0.25, -0.2) is 0 Å². The molecule has 0 N–H and O–H groups in total. The molecule has 3 aliphatic heterocycles. The third-order valence-corrected chi connectivity index (χ3v) is 8.81. The number of hydrogen-bond donors (Lipinski definition) is 0. The summed E-state index contributed by atoms with van der Waals surface area (Å²) in [6.45, 7) is 7.39. The van der Waals surface area contributed by atoms with Crippen LogP contribution in [0.15, 0.2) is 60.7 Å². The van der Waals surface area contributed by atoms with Gasteiger partial charge in [-0.05, 0) is 24.0 Å². The maximum Gasteiger partial charge on any atom is 0.113 e. The third kappa shape index (κ3) is 5.08. The molecule has 3 aliphatic rings. The molecule has 0 amide bonds. The molecule has 0 atom stereocenters. The van der Waals surface area contributed by atoms with Gasteiger partial charge in [-0.2, -0.15) is 5.26 Å². The lowest BCUT2D eigenvalue weighted by Gasteiger charge is -2.60. The van der Waals surface area contributed by atoms with Crippen LogP contribution in [0.4, 0.5) is 0 Å². The van der Waals surface area contributed by atoms with E-state index in [-0.39, 0.29) is 22.4 Å². The summed E-state index contributed by atoms with van der Waals surface area (Å²) in [5.74, 6) is 0. The first-order chi connectivity index (χ1) is 15.7. The van der Waals surface area contributed by atoms with Gasteiger partial charge in [-0.3, -0.25) is 0 Å². The molecule has 3 heteroatoms. The van der Waals surface area contributed by atoms with Gasteiger partial charge in [0, 0.05) is 24.7 Å². The molecule has 0 radical (unpaired) electrons. The van der Waals surface area contributed by atoms with Gasteiger partial charge in [-0.15, -0.1) is 0 Å². The van der Waals surface area contributed by atoms with Gasteiger partial charge in [-0.1, -0.05) is 99.7 Å².